The molecule has 16 heavy (non-hydrogen) atoms. The van der Waals surface area contributed by atoms with Gasteiger partial charge < -0.3 is 9.47 Å². The van der Waals surface area contributed by atoms with E-state index in [4.69, 9.17) is 21.1 Å². The van der Waals surface area contributed by atoms with Crippen LogP contribution in [0.3, 0.4) is 0 Å². The number of hydrogen-bond donors (Lipinski definition) is 0. The van der Waals surface area contributed by atoms with E-state index in [1.54, 1.807) is 0 Å². The number of carbonyl (C=O) groups excluding carboxylic acids is 2. The summed E-state index contributed by atoms with van der Waals surface area (Å²) < 4.78 is 10.1. The molecule has 4 nitrogen and oxygen atoms in total. The lowest BCUT2D eigenvalue weighted by Crippen LogP contribution is -2.53. The molecule has 5 heteroatoms. The van der Waals surface area contributed by atoms with Gasteiger partial charge in [0.2, 0.25) is 0 Å². The predicted molar refractivity (Wildman–Crippen MR) is 54.7 cm³/mol. The average Bonchev–Trinajstić information content (AvgIpc) is 2.60. The monoisotopic (exact) mass is 244 g/mol. The van der Waals surface area contributed by atoms with E-state index in [2.05, 4.69) is 0 Å². The van der Waals surface area contributed by atoms with Gasteiger partial charge in [0, 0.05) is 5.92 Å². The highest BCUT2D eigenvalue weighted by Gasteiger charge is 2.64. The Balaban J connectivity index is 2.00. The molecule has 4 bridgehead atoms. The highest BCUT2D eigenvalue weighted by Crippen LogP contribution is 2.56. The first kappa shape index (κ1) is 10.4. The molecule has 3 saturated carbocycles. The molecule has 0 unspecified atom stereocenters. The molecule has 88 valence electrons. The molecule has 0 spiro atoms. The summed E-state index contributed by atoms with van der Waals surface area (Å²) >= 11 is 6.28. The number of halogens is 1. The van der Waals surface area contributed by atoms with Crippen molar-refractivity contribution < 1.29 is 19.1 Å². The van der Waals surface area contributed by atoms with Crippen molar-refractivity contribution in [3.05, 3.63) is 0 Å². The first-order chi connectivity index (χ1) is 7.65. The highest BCUT2D eigenvalue weighted by molar-refractivity contribution is 6.22. The van der Waals surface area contributed by atoms with E-state index in [1.165, 1.54) is 7.11 Å². The summed E-state index contributed by atoms with van der Waals surface area (Å²) in [7, 11) is 1.35. The van der Waals surface area contributed by atoms with Gasteiger partial charge in [-0.2, -0.15) is 0 Å². The Labute approximate surface area is 98.2 Å². The van der Waals surface area contributed by atoms with Crippen LogP contribution in [0.15, 0.2) is 0 Å². The van der Waals surface area contributed by atoms with Gasteiger partial charge in [-0.1, -0.05) is 0 Å². The molecule has 1 heterocycles. The number of methoxy groups -OCH3 is 1. The molecule has 3 aliphatic carbocycles. The topological polar surface area (TPSA) is 52.6 Å². The molecule has 1 saturated heterocycles. The molecule has 0 aromatic heterocycles. The van der Waals surface area contributed by atoms with Gasteiger partial charge in [0.1, 0.15) is 6.10 Å². The van der Waals surface area contributed by atoms with Crippen molar-refractivity contribution in [2.24, 2.45) is 23.7 Å². The second-order valence-electron chi connectivity index (χ2n) is 4.83. The van der Waals surface area contributed by atoms with Gasteiger partial charge in [0.05, 0.1) is 24.3 Å². The van der Waals surface area contributed by atoms with Gasteiger partial charge in [-0.15, -0.1) is 11.6 Å². The number of esters is 2. The fraction of sp³-hybridized carbons (Fsp3) is 0.818. The van der Waals surface area contributed by atoms with Crippen molar-refractivity contribution in [3.8, 4) is 0 Å². The number of rotatable bonds is 1. The molecule has 0 aromatic rings. The van der Waals surface area contributed by atoms with Crippen LogP contribution in [0, 0.1) is 23.7 Å². The number of ether oxygens (including phenoxy) is 2. The first-order valence-corrected chi connectivity index (χ1v) is 6.01. The van der Waals surface area contributed by atoms with Gasteiger partial charge in [-0.25, -0.2) is 0 Å². The van der Waals surface area contributed by atoms with Crippen LogP contribution in [-0.4, -0.2) is 30.5 Å². The largest absolute Gasteiger partial charge is 0.469 e. The highest BCUT2D eigenvalue weighted by atomic mass is 35.5. The van der Waals surface area contributed by atoms with Gasteiger partial charge in [-0.3, -0.25) is 9.59 Å². The minimum Gasteiger partial charge on any atom is -0.469 e. The van der Waals surface area contributed by atoms with Gasteiger partial charge in [0.15, 0.2) is 0 Å². The third kappa shape index (κ3) is 1.11. The summed E-state index contributed by atoms with van der Waals surface area (Å²) in [5.74, 6) is -1.14. The number of hydrogen-bond acceptors (Lipinski definition) is 4. The Morgan fingerprint density at radius 1 is 1.44 bits per heavy atom. The smallest absolute Gasteiger partial charge is 0.310 e. The quantitative estimate of drug-likeness (QED) is 0.509. The average molecular weight is 245 g/mol. The van der Waals surface area contributed by atoms with Crippen LogP contribution < -0.4 is 0 Å². The maximum Gasteiger partial charge on any atom is 0.310 e. The maximum atomic E-state index is 11.7. The third-order valence-electron chi connectivity index (χ3n) is 4.29. The molecule has 0 radical (unpaired) electrons. The van der Waals surface area contributed by atoms with Crippen LogP contribution in [0.1, 0.15) is 12.8 Å². The fourth-order valence-electron chi connectivity index (χ4n) is 3.63. The normalized spacial score (nSPS) is 49.0. The molecule has 0 amide bonds. The van der Waals surface area contributed by atoms with Crippen LogP contribution in [0.4, 0.5) is 0 Å². The summed E-state index contributed by atoms with van der Waals surface area (Å²) in [6, 6.07) is 0. The molecule has 6 atom stereocenters. The summed E-state index contributed by atoms with van der Waals surface area (Å²) in [5, 5.41) is -0.231. The minimum absolute atomic E-state index is 0.0283. The standard InChI is InChI=1S/C11H13ClO4/c1-15-10(13)6-4-2-3-5-7(6)11(14)16-9(5)8(4)12/h4-9H,2-3H2,1H3/t4-,5+,6-,7+,8-,9-/m0/s1. The second kappa shape index (κ2) is 3.36. The maximum absolute atomic E-state index is 11.7. The summed E-state index contributed by atoms with van der Waals surface area (Å²) in [5.41, 5.74) is 0. The zero-order valence-electron chi connectivity index (χ0n) is 8.89. The first-order valence-electron chi connectivity index (χ1n) is 5.57. The van der Waals surface area contributed by atoms with E-state index in [-0.39, 0.29) is 41.2 Å². The Kier molecular flexibility index (Phi) is 2.18. The van der Waals surface area contributed by atoms with E-state index in [1.807, 2.05) is 0 Å². The summed E-state index contributed by atoms with van der Waals surface area (Å²) in [6.07, 6.45) is 1.64. The Hall–Kier alpha value is -0.770. The number of carbonyl (C=O) groups is 2. The van der Waals surface area contributed by atoms with Gasteiger partial charge in [-0.05, 0) is 18.8 Å². The molecule has 4 aliphatic rings. The molecule has 4 fully saturated rings. The minimum atomic E-state index is -0.391. The molecular formula is C11H13ClO4. The fourth-order valence-corrected chi connectivity index (χ4v) is 4.15. The SMILES string of the molecule is COC(=O)[C@H]1[C@@H]2CC[C@H]3[C@H](OC(=O)[C@H]31)[C@H]2Cl. The van der Waals surface area contributed by atoms with Crippen LogP contribution >= 0.6 is 11.6 Å². The van der Waals surface area contributed by atoms with E-state index in [9.17, 15) is 9.59 Å². The Morgan fingerprint density at radius 2 is 2.12 bits per heavy atom. The number of fused-ring (bicyclic) bond motifs is 1. The lowest BCUT2D eigenvalue weighted by molar-refractivity contribution is -0.157. The molecule has 4 rings (SSSR count). The Morgan fingerprint density at radius 3 is 2.81 bits per heavy atom. The van der Waals surface area contributed by atoms with Crippen molar-refractivity contribution in [3.63, 3.8) is 0 Å². The number of alkyl halides is 1. The van der Waals surface area contributed by atoms with Crippen molar-refractivity contribution in [1.82, 2.24) is 0 Å². The second-order valence-corrected chi connectivity index (χ2v) is 5.33. The molecule has 0 N–H and O–H groups in total. The van der Waals surface area contributed by atoms with Gasteiger partial charge >= 0.3 is 11.9 Å². The third-order valence-corrected chi connectivity index (χ3v) is 4.86. The Bertz CT molecular complexity index is 356. The van der Waals surface area contributed by atoms with Crippen molar-refractivity contribution in [1.29, 1.82) is 0 Å². The zero-order chi connectivity index (χ0) is 11.4. The van der Waals surface area contributed by atoms with E-state index in [0.29, 0.717) is 0 Å². The molecular weight excluding hydrogens is 232 g/mol. The van der Waals surface area contributed by atoms with Crippen molar-refractivity contribution >= 4 is 23.5 Å². The summed E-state index contributed by atoms with van der Waals surface area (Å²) in [6.45, 7) is 0. The van der Waals surface area contributed by atoms with E-state index in [0.717, 1.165) is 12.8 Å². The zero-order valence-corrected chi connectivity index (χ0v) is 9.65. The molecule has 0 aromatic carbocycles. The molecule has 1 aliphatic heterocycles. The van der Waals surface area contributed by atoms with Gasteiger partial charge in [0.25, 0.3) is 0 Å². The van der Waals surface area contributed by atoms with Crippen molar-refractivity contribution in [2.75, 3.05) is 7.11 Å². The van der Waals surface area contributed by atoms with Crippen molar-refractivity contribution in [2.45, 2.75) is 24.3 Å². The predicted octanol–water partition coefficient (Wildman–Crippen LogP) is 0.964. The van der Waals surface area contributed by atoms with Crippen LogP contribution in [0.25, 0.3) is 0 Å². The van der Waals surface area contributed by atoms with Crippen LogP contribution in [0.2, 0.25) is 0 Å². The lowest BCUT2D eigenvalue weighted by Gasteiger charge is -2.45. The lowest BCUT2D eigenvalue weighted by atomic mass is 9.58. The van der Waals surface area contributed by atoms with Crippen LogP contribution in [-0.2, 0) is 19.1 Å². The summed E-state index contributed by atoms with van der Waals surface area (Å²) in [4.78, 5) is 23.5. The van der Waals surface area contributed by atoms with E-state index >= 15 is 0 Å². The van der Waals surface area contributed by atoms with E-state index < -0.39 is 5.92 Å². The van der Waals surface area contributed by atoms with Crippen LogP contribution in [0.5, 0.6) is 0 Å².